The maximum absolute atomic E-state index is 5.67. The van der Waals surface area contributed by atoms with Crippen molar-refractivity contribution < 1.29 is 14.2 Å². The summed E-state index contributed by atoms with van der Waals surface area (Å²) in [6.07, 6.45) is 3.29. The molecule has 0 unspecified atom stereocenters. The van der Waals surface area contributed by atoms with E-state index in [1.165, 1.54) is 22.4 Å². The summed E-state index contributed by atoms with van der Waals surface area (Å²) in [5.41, 5.74) is 6.42. The molecule has 4 rings (SSSR count). The molecule has 0 aliphatic carbocycles. The van der Waals surface area contributed by atoms with Crippen molar-refractivity contribution in [2.45, 2.75) is 39.4 Å². The molecule has 0 N–H and O–H groups in total. The highest BCUT2D eigenvalue weighted by molar-refractivity contribution is 5.55. The van der Waals surface area contributed by atoms with Crippen molar-refractivity contribution in [2.24, 2.45) is 0 Å². The normalized spacial score (nSPS) is 16.5. The molecule has 3 aromatic rings. The van der Waals surface area contributed by atoms with E-state index >= 15 is 0 Å². The van der Waals surface area contributed by atoms with Gasteiger partial charge >= 0.3 is 0 Å². The zero-order chi connectivity index (χ0) is 22.0. The molecule has 0 spiro atoms. The Kier molecular flexibility index (Phi) is 6.23. The van der Waals surface area contributed by atoms with E-state index in [0.29, 0.717) is 17.2 Å². The number of hydrogen-bond donors (Lipinski definition) is 0. The van der Waals surface area contributed by atoms with Crippen LogP contribution in [-0.2, 0) is 13.1 Å². The minimum atomic E-state index is 0.0890. The van der Waals surface area contributed by atoms with Crippen LogP contribution < -0.4 is 14.2 Å². The van der Waals surface area contributed by atoms with Crippen molar-refractivity contribution in [2.75, 3.05) is 27.9 Å². The summed E-state index contributed by atoms with van der Waals surface area (Å²) in [4.78, 5) is 2.57. The number of hydrogen-bond acceptors (Lipinski definition) is 4. The smallest absolute Gasteiger partial charge is 0.203 e. The van der Waals surface area contributed by atoms with Gasteiger partial charge in [0.25, 0.3) is 0 Å². The summed E-state index contributed by atoms with van der Waals surface area (Å²) in [6, 6.07) is 15.4. The molecule has 0 radical (unpaired) electrons. The average Bonchev–Trinajstić information content (AvgIpc) is 3.16. The lowest BCUT2D eigenvalue weighted by Gasteiger charge is -2.32. The first-order valence-electron chi connectivity index (χ1n) is 10.8. The number of nitrogens with zero attached hydrogens (tertiary/aromatic N) is 2. The molecule has 31 heavy (non-hydrogen) atoms. The van der Waals surface area contributed by atoms with Gasteiger partial charge in [-0.3, -0.25) is 4.90 Å². The minimum absolute atomic E-state index is 0.0890. The average molecular weight is 421 g/mol. The molecule has 0 bridgehead atoms. The van der Waals surface area contributed by atoms with Gasteiger partial charge in [-0.1, -0.05) is 23.8 Å². The van der Waals surface area contributed by atoms with Crippen LogP contribution in [0.3, 0.4) is 0 Å². The molecule has 0 amide bonds. The first kappa shape index (κ1) is 21.3. The van der Waals surface area contributed by atoms with E-state index in [2.05, 4.69) is 72.0 Å². The number of methoxy groups -OCH3 is 3. The summed E-state index contributed by atoms with van der Waals surface area (Å²) in [5.74, 6) is 2.00. The maximum atomic E-state index is 5.67. The van der Waals surface area contributed by atoms with Gasteiger partial charge in [0, 0.05) is 31.5 Å². The van der Waals surface area contributed by atoms with E-state index in [-0.39, 0.29) is 6.04 Å². The Labute approximate surface area is 185 Å². The molecule has 0 saturated heterocycles. The molecular weight excluding hydrogens is 388 g/mol. The molecule has 5 nitrogen and oxygen atoms in total. The zero-order valence-corrected chi connectivity index (χ0v) is 19.1. The predicted octanol–water partition coefficient (Wildman–Crippen LogP) is 5.13. The summed E-state index contributed by atoms with van der Waals surface area (Å²) < 4.78 is 19.3. The molecule has 2 aromatic carbocycles. The Morgan fingerprint density at radius 3 is 2.32 bits per heavy atom. The third kappa shape index (κ3) is 4.15. The van der Waals surface area contributed by atoms with Crippen molar-refractivity contribution in [3.63, 3.8) is 0 Å². The van der Waals surface area contributed by atoms with Crippen LogP contribution in [0.25, 0.3) is 0 Å². The van der Waals surface area contributed by atoms with Crippen LogP contribution in [0.4, 0.5) is 0 Å². The molecule has 2 heterocycles. The highest BCUT2D eigenvalue weighted by Crippen LogP contribution is 2.43. The number of benzene rings is 2. The molecule has 1 aliphatic heterocycles. The van der Waals surface area contributed by atoms with Crippen LogP contribution in [0.1, 0.15) is 40.4 Å². The topological polar surface area (TPSA) is 35.9 Å². The van der Waals surface area contributed by atoms with Crippen LogP contribution in [0.15, 0.2) is 48.7 Å². The second-order valence-electron chi connectivity index (χ2n) is 8.24. The largest absolute Gasteiger partial charge is 0.493 e. The second-order valence-corrected chi connectivity index (χ2v) is 8.24. The van der Waals surface area contributed by atoms with Gasteiger partial charge in [0.2, 0.25) is 5.75 Å². The minimum Gasteiger partial charge on any atom is -0.493 e. The van der Waals surface area contributed by atoms with Gasteiger partial charge in [-0.25, -0.2) is 0 Å². The molecule has 0 saturated carbocycles. The van der Waals surface area contributed by atoms with Crippen LogP contribution >= 0.6 is 0 Å². The van der Waals surface area contributed by atoms with Crippen molar-refractivity contribution in [1.82, 2.24) is 9.47 Å². The number of aromatic nitrogens is 1. The lowest BCUT2D eigenvalue weighted by Crippen LogP contribution is -2.30. The van der Waals surface area contributed by atoms with E-state index in [4.69, 9.17) is 14.2 Å². The maximum Gasteiger partial charge on any atom is 0.203 e. The molecule has 1 aliphatic rings. The highest BCUT2D eigenvalue weighted by atomic mass is 16.5. The van der Waals surface area contributed by atoms with Gasteiger partial charge < -0.3 is 18.8 Å². The fourth-order valence-corrected chi connectivity index (χ4v) is 4.64. The van der Waals surface area contributed by atoms with Gasteiger partial charge in [-0.15, -0.1) is 0 Å². The Bertz CT molecular complexity index is 1030. The van der Waals surface area contributed by atoms with Crippen molar-refractivity contribution in [1.29, 1.82) is 0 Å². The lowest BCUT2D eigenvalue weighted by atomic mass is 9.98. The van der Waals surface area contributed by atoms with E-state index < -0.39 is 0 Å². The monoisotopic (exact) mass is 420 g/mol. The molecule has 0 fully saturated rings. The molecular formula is C26H32N2O3. The van der Waals surface area contributed by atoms with Crippen LogP contribution in [0, 0.1) is 13.8 Å². The zero-order valence-electron chi connectivity index (χ0n) is 19.1. The SMILES string of the molecule is COc1cc([C@@H]2c3cccn3CCCN2Cc2cc(C)ccc2C)cc(OC)c1OC. The fourth-order valence-electron chi connectivity index (χ4n) is 4.64. The lowest BCUT2D eigenvalue weighted by molar-refractivity contribution is 0.218. The van der Waals surface area contributed by atoms with Gasteiger partial charge in [0.15, 0.2) is 11.5 Å². The van der Waals surface area contributed by atoms with E-state index in [9.17, 15) is 0 Å². The Balaban J connectivity index is 1.83. The first-order chi connectivity index (χ1) is 15.0. The van der Waals surface area contributed by atoms with Crippen LogP contribution in [0.5, 0.6) is 17.2 Å². The molecule has 5 heteroatoms. The summed E-state index contributed by atoms with van der Waals surface area (Å²) in [7, 11) is 4.99. The predicted molar refractivity (Wildman–Crippen MR) is 123 cm³/mol. The second kappa shape index (κ2) is 9.06. The molecule has 1 aromatic heterocycles. The fraction of sp³-hybridized carbons (Fsp3) is 0.385. The number of ether oxygens (including phenoxy) is 3. The van der Waals surface area contributed by atoms with E-state index in [0.717, 1.165) is 31.6 Å². The Morgan fingerprint density at radius 2 is 1.65 bits per heavy atom. The quantitative estimate of drug-likeness (QED) is 0.554. The highest BCUT2D eigenvalue weighted by Gasteiger charge is 2.29. The summed E-state index contributed by atoms with van der Waals surface area (Å²) in [6.45, 7) is 7.28. The van der Waals surface area contributed by atoms with Gasteiger partial charge in [-0.2, -0.15) is 0 Å². The summed E-state index contributed by atoms with van der Waals surface area (Å²) in [5, 5.41) is 0. The van der Waals surface area contributed by atoms with Crippen molar-refractivity contribution in [3.8, 4) is 17.2 Å². The summed E-state index contributed by atoms with van der Waals surface area (Å²) >= 11 is 0. The van der Waals surface area contributed by atoms with Crippen molar-refractivity contribution >= 4 is 0 Å². The van der Waals surface area contributed by atoms with Gasteiger partial charge in [0.1, 0.15) is 0 Å². The Morgan fingerprint density at radius 1 is 0.903 bits per heavy atom. The number of fused-ring (bicyclic) bond motifs is 1. The van der Waals surface area contributed by atoms with Crippen LogP contribution in [0.2, 0.25) is 0 Å². The van der Waals surface area contributed by atoms with Crippen molar-refractivity contribution in [3.05, 3.63) is 76.6 Å². The third-order valence-corrected chi connectivity index (χ3v) is 6.24. The molecule has 1 atom stereocenters. The van der Waals surface area contributed by atoms with E-state index in [1.54, 1.807) is 21.3 Å². The van der Waals surface area contributed by atoms with E-state index in [1.807, 2.05) is 0 Å². The van der Waals surface area contributed by atoms with Gasteiger partial charge in [-0.05, 0) is 61.2 Å². The third-order valence-electron chi connectivity index (χ3n) is 6.24. The Hall–Kier alpha value is -2.92. The number of rotatable bonds is 6. The number of aryl methyl sites for hydroxylation is 3. The molecule has 164 valence electrons. The standard InChI is InChI=1S/C26H32N2O3/c1-18-9-10-19(2)21(14-18)17-28-13-7-12-27-11-6-8-22(27)25(28)20-15-23(29-3)26(31-5)24(16-20)30-4/h6,8-11,14-16,25H,7,12-13,17H2,1-5H3/t25-/m1/s1. The van der Waals surface area contributed by atoms with Gasteiger partial charge in [0.05, 0.1) is 27.4 Å². The first-order valence-corrected chi connectivity index (χ1v) is 10.8. The van der Waals surface area contributed by atoms with Crippen LogP contribution in [-0.4, -0.2) is 37.3 Å².